The number of rotatable bonds is 7. The fourth-order valence-electron chi connectivity index (χ4n) is 2.67. The molecule has 3 heterocycles. The van der Waals surface area contributed by atoms with Crippen molar-refractivity contribution in [1.29, 1.82) is 0 Å². The van der Waals surface area contributed by atoms with Crippen molar-refractivity contribution in [2.24, 2.45) is 0 Å². The van der Waals surface area contributed by atoms with E-state index in [1.807, 2.05) is 34.9 Å². The number of nitrogens with one attached hydrogen (secondary N) is 2. The molecule has 0 aliphatic heterocycles. The van der Waals surface area contributed by atoms with Crippen LogP contribution in [0.5, 0.6) is 0 Å². The molecule has 0 atom stereocenters. The van der Waals surface area contributed by atoms with E-state index in [9.17, 15) is 10.1 Å². The van der Waals surface area contributed by atoms with Crippen molar-refractivity contribution in [2.45, 2.75) is 0 Å². The molecule has 1 aromatic carbocycles. The van der Waals surface area contributed by atoms with E-state index in [0.29, 0.717) is 24.9 Å². The number of nitrogens with zero attached hydrogens (tertiary/aromatic N) is 6. The number of fused-ring (bicyclic) bond motifs is 1. The van der Waals surface area contributed by atoms with Crippen LogP contribution in [0.25, 0.3) is 16.9 Å². The van der Waals surface area contributed by atoms with Crippen LogP contribution >= 0.6 is 0 Å². The average molecular weight is 376 g/mol. The van der Waals surface area contributed by atoms with Gasteiger partial charge < -0.3 is 10.6 Å². The number of nitro groups is 1. The lowest BCUT2D eigenvalue weighted by molar-refractivity contribution is -0.385. The minimum absolute atomic E-state index is 0.0408. The molecule has 0 saturated carbocycles. The number of hydrogen-bond acceptors (Lipinski definition) is 8. The second-order valence-corrected chi connectivity index (χ2v) is 5.85. The Labute approximate surface area is 159 Å². The van der Waals surface area contributed by atoms with Crippen LogP contribution in [0.2, 0.25) is 0 Å². The number of hydrogen-bond donors (Lipinski definition) is 2. The van der Waals surface area contributed by atoms with Crippen LogP contribution in [0.1, 0.15) is 0 Å². The zero-order valence-corrected chi connectivity index (χ0v) is 14.7. The quantitative estimate of drug-likeness (QED) is 0.287. The third kappa shape index (κ3) is 3.70. The third-order valence-electron chi connectivity index (χ3n) is 4.01. The van der Waals surface area contributed by atoms with Gasteiger partial charge in [-0.15, -0.1) is 0 Å². The van der Waals surface area contributed by atoms with E-state index < -0.39 is 4.92 Å². The first-order chi connectivity index (χ1) is 13.7. The predicted octanol–water partition coefficient (Wildman–Crippen LogP) is 2.64. The normalized spacial score (nSPS) is 10.7. The van der Waals surface area contributed by atoms with Gasteiger partial charge in [0.1, 0.15) is 24.2 Å². The Morgan fingerprint density at radius 1 is 1.00 bits per heavy atom. The summed E-state index contributed by atoms with van der Waals surface area (Å²) in [7, 11) is 0. The van der Waals surface area contributed by atoms with Gasteiger partial charge in [0.25, 0.3) is 5.69 Å². The maximum absolute atomic E-state index is 10.6. The van der Waals surface area contributed by atoms with Gasteiger partial charge in [0, 0.05) is 25.4 Å². The van der Waals surface area contributed by atoms with Gasteiger partial charge in [0.2, 0.25) is 5.95 Å². The molecule has 0 bridgehead atoms. The van der Waals surface area contributed by atoms with Gasteiger partial charge in [-0.1, -0.05) is 12.1 Å². The molecule has 0 fully saturated rings. The number of para-hydroxylation sites is 2. The van der Waals surface area contributed by atoms with Gasteiger partial charge in [-0.05, 0) is 24.3 Å². The molecule has 0 radical (unpaired) electrons. The van der Waals surface area contributed by atoms with Gasteiger partial charge in [0.15, 0.2) is 0 Å². The molecule has 2 N–H and O–H groups in total. The van der Waals surface area contributed by atoms with Crippen LogP contribution in [-0.2, 0) is 0 Å². The Balaban J connectivity index is 1.37. The maximum atomic E-state index is 10.6. The van der Waals surface area contributed by atoms with Crippen LogP contribution in [0.15, 0.2) is 61.2 Å². The van der Waals surface area contributed by atoms with Crippen molar-refractivity contribution in [3.8, 4) is 5.82 Å². The molecule has 4 rings (SSSR count). The molecule has 0 aliphatic rings. The Hall–Kier alpha value is -4.08. The molecule has 3 aromatic heterocycles. The summed E-state index contributed by atoms with van der Waals surface area (Å²) in [4.78, 5) is 27.3. The summed E-state index contributed by atoms with van der Waals surface area (Å²) in [5, 5.41) is 16.9. The first-order valence-electron chi connectivity index (χ1n) is 8.54. The fraction of sp³-hybridized carbons (Fsp3) is 0.111. The van der Waals surface area contributed by atoms with Gasteiger partial charge in [-0.2, -0.15) is 4.98 Å². The summed E-state index contributed by atoms with van der Waals surface area (Å²) in [6.07, 6.45) is 4.64. The summed E-state index contributed by atoms with van der Waals surface area (Å²) in [5.41, 5.74) is 1.83. The Morgan fingerprint density at radius 2 is 1.86 bits per heavy atom. The van der Waals surface area contributed by atoms with Crippen LogP contribution in [-0.4, -0.2) is 42.5 Å². The van der Waals surface area contributed by atoms with E-state index in [1.165, 1.54) is 12.3 Å². The van der Waals surface area contributed by atoms with Crippen LogP contribution in [0.3, 0.4) is 0 Å². The maximum Gasteiger partial charge on any atom is 0.287 e. The Morgan fingerprint density at radius 3 is 2.68 bits per heavy atom. The van der Waals surface area contributed by atoms with Crippen molar-refractivity contribution in [2.75, 3.05) is 23.7 Å². The first kappa shape index (κ1) is 17.3. The van der Waals surface area contributed by atoms with Gasteiger partial charge in [-0.3, -0.25) is 14.7 Å². The highest BCUT2D eigenvalue weighted by Crippen LogP contribution is 2.16. The molecule has 0 amide bonds. The van der Waals surface area contributed by atoms with E-state index in [-0.39, 0.29) is 5.69 Å². The predicted molar refractivity (Wildman–Crippen MR) is 105 cm³/mol. The van der Waals surface area contributed by atoms with E-state index in [2.05, 4.69) is 30.6 Å². The van der Waals surface area contributed by atoms with E-state index >= 15 is 0 Å². The smallest absolute Gasteiger partial charge is 0.287 e. The zero-order valence-electron chi connectivity index (χ0n) is 14.7. The molecule has 10 nitrogen and oxygen atoms in total. The number of aromatic nitrogens is 5. The van der Waals surface area contributed by atoms with Crippen molar-refractivity contribution < 1.29 is 4.92 Å². The minimum Gasteiger partial charge on any atom is -0.368 e. The lowest BCUT2D eigenvalue weighted by atomic mass is 10.3. The van der Waals surface area contributed by atoms with E-state index in [1.54, 1.807) is 18.6 Å². The molecule has 28 heavy (non-hydrogen) atoms. The van der Waals surface area contributed by atoms with E-state index in [0.717, 1.165) is 16.9 Å². The standard InChI is InChI=1S/C18H16N8O2/c27-26(28)13-5-6-16(22-11-13)19-9-10-21-18-20-8-7-17(24-18)25-12-23-14-3-1-2-4-15(14)25/h1-8,11-12H,9-10H2,(H,19,22)(H,20,21,24). The molecule has 0 aliphatic carbocycles. The molecule has 0 saturated heterocycles. The molecular weight excluding hydrogens is 360 g/mol. The second kappa shape index (κ2) is 7.66. The Kier molecular flexibility index (Phi) is 4.74. The summed E-state index contributed by atoms with van der Waals surface area (Å²) in [5.74, 6) is 1.77. The second-order valence-electron chi connectivity index (χ2n) is 5.85. The fourth-order valence-corrected chi connectivity index (χ4v) is 2.67. The Bertz CT molecular complexity index is 1110. The topological polar surface area (TPSA) is 124 Å². The lowest BCUT2D eigenvalue weighted by Crippen LogP contribution is -2.16. The van der Waals surface area contributed by atoms with E-state index in [4.69, 9.17) is 0 Å². The minimum atomic E-state index is -0.480. The monoisotopic (exact) mass is 376 g/mol. The first-order valence-corrected chi connectivity index (χ1v) is 8.54. The number of imidazole rings is 1. The number of pyridine rings is 1. The molecule has 0 spiro atoms. The number of anilines is 2. The molecule has 10 heteroatoms. The highest BCUT2D eigenvalue weighted by molar-refractivity contribution is 5.76. The SMILES string of the molecule is O=[N+]([O-])c1ccc(NCCNc2nccc(-n3cnc4ccccc43)n2)nc1. The summed E-state index contributed by atoms with van der Waals surface area (Å²) in [6, 6.07) is 12.6. The molecule has 4 aromatic rings. The van der Waals surface area contributed by atoms with Gasteiger partial charge in [-0.25, -0.2) is 15.0 Å². The molecule has 140 valence electrons. The van der Waals surface area contributed by atoms with Crippen molar-refractivity contribution >= 4 is 28.5 Å². The average Bonchev–Trinajstić information content (AvgIpc) is 3.16. The molecule has 0 unspecified atom stereocenters. The van der Waals surface area contributed by atoms with Gasteiger partial charge in [0.05, 0.1) is 16.0 Å². The summed E-state index contributed by atoms with van der Waals surface area (Å²) in [6.45, 7) is 1.10. The third-order valence-corrected chi connectivity index (χ3v) is 4.01. The van der Waals surface area contributed by atoms with Crippen LogP contribution in [0.4, 0.5) is 17.5 Å². The van der Waals surface area contributed by atoms with Crippen molar-refractivity contribution in [1.82, 2.24) is 24.5 Å². The van der Waals surface area contributed by atoms with Crippen LogP contribution in [0, 0.1) is 10.1 Å². The van der Waals surface area contributed by atoms with Gasteiger partial charge >= 0.3 is 0 Å². The lowest BCUT2D eigenvalue weighted by Gasteiger charge is -2.09. The highest BCUT2D eigenvalue weighted by atomic mass is 16.6. The molecular formula is C18H16N8O2. The highest BCUT2D eigenvalue weighted by Gasteiger charge is 2.07. The number of benzene rings is 1. The summed E-state index contributed by atoms with van der Waals surface area (Å²) < 4.78 is 1.90. The van der Waals surface area contributed by atoms with Crippen LogP contribution < -0.4 is 10.6 Å². The van der Waals surface area contributed by atoms with Crippen molar-refractivity contribution in [3.63, 3.8) is 0 Å². The summed E-state index contributed by atoms with van der Waals surface area (Å²) >= 11 is 0. The van der Waals surface area contributed by atoms with Crippen molar-refractivity contribution in [3.05, 3.63) is 71.3 Å². The zero-order chi connectivity index (χ0) is 19.3. The largest absolute Gasteiger partial charge is 0.368 e.